The van der Waals surface area contributed by atoms with E-state index in [9.17, 15) is 4.39 Å². The zero-order chi connectivity index (χ0) is 9.84. The summed E-state index contributed by atoms with van der Waals surface area (Å²) in [6, 6.07) is 3.22. The summed E-state index contributed by atoms with van der Waals surface area (Å²) in [4.78, 5) is 0. The SMILES string of the molecule is COc1c(CCN)ccc(Cl)c1F. The minimum atomic E-state index is -0.518. The molecule has 2 N–H and O–H groups in total. The third-order valence-electron chi connectivity index (χ3n) is 1.75. The maximum absolute atomic E-state index is 13.3. The minimum Gasteiger partial charge on any atom is -0.493 e. The number of hydrogen-bond acceptors (Lipinski definition) is 2. The molecule has 0 saturated carbocycles. The van der Waals surface area contributed by atoms with E-state index in [1.807, 2.05) is 0 Å². The second-order valence-corrected chi connectivity index (χ2v) is 3.00. The van der Waals surface area contributed by atoms with Crippen LogP contribution >= 0.6 is 11.6 Å². The van der Waals surface area contributed by atoms with Crippen molar-refractivity contribution in [3.8, 4) is 5.75 Å². The molecule has 0 spiro atoms. The topological polar surface area (TPSA) is 35.2 Å². The molecular formula is C9H11ClFNO. The fourth-order valence-electron chi connectivity index (χ4n) is 1.15. The normalized spacial score (nSPS) is 10.2. The van der Waals surface area contributed by atoms with Crippen LogP contribution in [0.25, 0.3) is 0 Å². The predicted octanol–water partition coefficient (Wildman–Crippen LogP) is 1.99. The fraction of sp³-hybridized carbons (Fsp3) is 0.333. The Bertz CT molecular complexity index is 304. The summed E-state index contributed by atoms with van der Waals surface area (Å²) >= 11 is 5.58. The molecule has 4 heteroatoms. The zero-order valence-corrected chi connectivity index (χ0v) is 8.07. The van der Waals surface area contributed by atoms with E-state index in [2.05, 4.69) is 0 Å². The van der Waals surface area contributed by atoms with Gasteiger partial charge in [0.05, 0.1) is 12.1 Å². The van der Waals surface area contributed by atoms with Gasteiger partial charge in [-0.15, -0.1) is 0 Å². The Hall–Kier alpha value is -0.800. The largest absolute Gasteiger partial charge is 0.493 e. The zero-order valence-electron chi connectivity index (χ0n) is 7.31. The van der Waals surface area contributed by atoms with Crippen LogP contribution in [-0.4, -0.2) is 13.7 Å². The van der Waals surface area contributed by atoms with Crippen LogP contribution in [0.1, 0.15) is 5.56 Å². The third kappa shape index (κ3) is 2.11. The second kappa shape index (κ2) is 4.44. The molecule has 1 rings (SSSR count). The first kappa shape index (κ1) is 10.3. The Kier molecular flexibility index (Phi) is 3.51. The number of methoxy groups -OCH3 is 1. The monoisotopic (exact) mass is 203 g/mol. The van der Waals surface area contributed by atoms with E-state index in [0.29, 0.717) is 13.0 Å². The summed E-state index contributed by atoms with van der Waals surface area (Å²) in [7, 11) is 1.41. The van der Waals surface area contributed by atoms with Gasteiger partial charge in [0.1, 0.15) is 0 Å². The number of rotatable bonds is 3. The van der Waals surface area contributed by atoms with E-state index in [1.165, 1.54) is 13.2 Å². The van der Waals surface area contributed by atoms with Gasteiger partial charge in [-0.25, -0.2) is 4.39 Å². The van der Waals surface area contributed by atoms with Gasteiger partial charge in [-0.2, -0.15) is 0 Å². The van der Waals surface area contributed by atoms with Crippen molar-refractivity contribution in [2.75, 3.05) is 13.7 Å². The minimum absolute atomic E-state index is 0.0672. The van der Waals surface area contributed by atoms with Gasteiger partial charge in [-0.1, -0.05) is 17.7 Å². The number of nitrogens with two attached hydrogens (primary N) is 1. The van der Waals surface area contributed by atoms with E-state index >= 15 is 0 Å². The molecule has 0 fully saturated rings. The van der Waals surface area contributed by atoms with Crippen LogP contribution in [0.5, 0.6) is 5.75 Å². The number of benzene rings is 1. The molecule has 0 amide bonds. The summed E-state index contributed by atoms with van der Waals surface area (Å²) in [6.45, 7) is 0.456. The van der Waals surface area contributed by atoms with Gasteiger partial charge >= 0.3 is 0 Å². The molecule has 0 aliphatic rings. The highest BCUT2D eigenvalue weighted by molar-refractivity contribution is 6.30. The van der Waals surface area contributed by atoms with Gasteiger partial charge in [0.15, 0.2) is 11.6 Å². The summed E-state index contributed by atoms with van der Waals surface area (Å²) in [5.41, 5.74) is 6.10. The molecule has 0 atom stereocenters. The van der Waals surface area contributed by atoms with Crippen molar-refractivity contribution in [2.24, 2.45) is 5.73 Å². The molecular weight excluding hydrogens is 193 g/mol. The van der Waals surface area contributed by atoms with Gasteiger partial charge in [0.25, 0.3) is 0 Å². The van der Waals surface area contributed by atoms with Crippen LogP contribution in [0.3, 0.4) is 0 Å². The van der Waals surface area contributed by atoms with E-state index < -0.39 is 5.82 Å². The lowest BCUT2D eigenvalue weighted by Gasteiger charge is -2.08. The van der Waals surface area contributed by atoms with Gasteiger partial charge in [0, 0.05) is 0 Å². The van der Waals surface area contributed by atoms with Crippen molar-refractivity contribution in [1.82, 2.24) is 0 Å². The molecule has 0 radical (unpaired) electrons. The summed E-state index contributed by atoms with van der Waals surface area (Å²) in [5.74, 6) is -0.326. The molecule has 0 heterocycles. The average Bonchev–Trinajstić information content (AvgIpc) is 2.12. The Morgan fingerprint density at radius 3 is 2.77 bits per heavy atom. The van der Waals surface area contributed by atoms with E-state index in [0.717, 1.165) is 5.56 Å². The summed E-state index contributed by atoms with van der Waals surface area (Å²) < 4.78 is 18.2. The third-order valence-corrected chi connectivity index (χ3v) is 2.04. The fourth-order valence-corrected chi connectivity index (χ4v) is 1.29. The van der Waals surface area contributed by atoms with Gasteiger partial charge in [-0.05, 0) is 24.6 Å². The first-order valence-corrected chi connectivity index (χ1v) is 4.29. The van der Waals surface area contributed by atoms with Crippen LogP contribution in [-0.2, 0) is 6.42 Å². The van der Waals surface area contributed by atoms with Crippen LogP contribution in [0, 0.1) is 5.82 Å². The van der Waals surface area contributed by atoms with Gasteiger partial charge in [-0.3, -0.25) is 0 Å². The molecule has 0 aliphatic heterocycles. The smallest absolute Gasteiger partial charge is 0.183 e. The molecule has 1 aromatic carbocycles. The molecule has 72 valence electrons. The van der Waals surface area contributed by atoms with Crippen molar-refractivity contribution >= 4 is 11.6 Å². The Labute approximate surface area is 81.4 Å². The molecule has 13 heavy (non-hydrogen) atoms. The molecule has 0 unspecified atom stereocenters. The lowest BCUT2D eigenvalue weighted by molar-refractivity contribution is 0.381. The first-order valence-electron chi connectivity index (χ1n) is 3.91. The summed E-state index contributed by atoms with van der Waals surface area (Å²) in [6.07, 6.45) is 0.581. The standard InChI is InChI=1S/C9H11ClFNO/c1-13-9-6(4-5-12)2-3-7(10)8(9)11/h2-3H,4-5,12H2,1H3. The van der Waals surface area contributed by atoms with Crippen LogP contribution in [0.4, 0.5) is 4.39 Å². The maximum Gasteiger partial charge on any atom is 0.183 e. The van der Waals surface area contributed by atoms with Crippen molar-refractivity contribution in [3.05, 3.63) is 28.5 Å². The lowest BCUT2D eigenvalue weighted by atomic mass is 10.1. The predicted molar refractivity (Wildman–Crippen MR) is 50.7 cm³/mol. The number of halogens is 2. The van der Waals surface area contributed by atoms with Crippen molar-refractivity contribution < 1.29 is 9.13 Å². The second-order valence-electron chi connectivity index (χ2n) is 2.59. The molecule has 0 aromatic heterocycles. The molecule has 1 aromatic rings. The Morgan fingerprint density at radius 1 is 1.54 bits per heavy atom. The van der Waals surface area contributed by atoms with Gasteiger partial charge in [0.2, 0.25) is 0 Å². The van der Waals surface area contributed by atoms with E-state index in [1.54, 1.807) is 6.07 Å². The summed E-state index contributed by atoms with van der Waals surface area (Å²) in [5, 5.41) is 0.0672. The molecule has 2 nitrogen and oxygen atoms in total. The number of hydrogen-bond donors (Lipinski definition) is 1. The number of ether oxygens (including phenoxy) is 1. The van der Waals surface area contributed by atoms with Gasteiger partial charge < -0.3 is 10.5 Å². The molecule has 0 bridgehead atoms. The average molecular weight is 204 g/mol. The quantitative estimate of drug-likeness (QED) is 0.816. The Morgan fingerprint density at radius 2 is 2.23 bits per heavy atom. The molecule has 0 aliphatic carbocycles. The highest BCUT2D eigenvalue weighted by Crippen LogP contribution is 2.28. The van der Waals surface area contributed by atoms with Crippen molar-refractivity contribution in [1.29, 1.82) is 0 Å². The van der Waals surface area contributed by atoms with Crippen molar-refractivity contribution in [2.45, 2.75) is 6.42 Å². The molecule has 0 saturated heterocycles. The van der Waals surface area contributed by atoms with Crippen LogP contribution in [0.15, 0.2) is 12.1 Å². The lowest BCUT2D eigenvalue weighted by Crippen LogP contribution is -2.05. The van der Waals surface area contributed by atoms with Crippen molar-refractivity contribution in [3.63, 3.8) is 0 Å². The highest BCUT2D eigenvalue weighted by Gasteiger charge is 2.11. The first-order chi connectivity index (χ1) is 6.20. The maximum atomic E-state index is 13.3. The Balaban J connectivity index is 3.13. The highest BCUT2D eigenvalue weighted by atomic mass is 35.5. The van der Waals surface area contributed by atoms with Crippen LogP contribution in [0.2, 0.25) is 5.02 Å². The van der Waals surface area contributed by atoms with Crippen LogP contribution < -0.4 is 10.5 Å². The van der Waals surface area contributed by atoms with E-state index in [4.69, 9.17) is 22.1 Å². The van der Waals surface area contributed by atoms with E-state index in [-0.39, 0.29) is 10.8 Å².